The first-order valence-electron chi connectivity index (χ1n) is 8.38. The molecule has 2 amide bonds. The molecule has 2 fully saturated rings. The molecule has 0 aromatic heterocycles. The molecule has 0 saturated carbocycles. The van der Waals surface area contributed by atoms with Gasteiger partial charge in [0.05, 0.1) is 17.3 Å². The van der Waals surface area contributed by atoms with E-state index in [4.69, 9.17) is 5.73 Å². The molecule has 0 bridgehead atoms. The van der Waals surface area contributed by atoms with Crippen LogP contribution in [0.25, 0.3) is 0 Å². The van der Waals surface area contributed by atoms with E-state index in [1.165, 1.54) is 6.42 Å². The molecule has 3 rings (SSSR count). The molecule has 0 aliphatic carbocycles. The van der Waals surface area contributed by atoms with Gasteiger partial charge in [-0.1, -0.05) is 0 Å². The number of nitrogens with two attached hydrogens (primary N) is 1. The summed E-state index contributed by atoms with van der Waals surface area (Å²) in [6.45, 7) is 2.72. The molecule has 2 heterocycles. The smallest absolute Gasteiger partial charge is 0.250 e. The van der Waals surface area contributed by atoms with Crippen LogP contribution in [-0.4, -0.2) is 37.5 Å². The number of benzene rings is 1. The fraction of sp³-hybridized carbons (Fsp3) is 0.529. The van der Waals surface area contributed by atoms with Gasteiger partial charge in [0.25, 0.3) is 5.91 Å². The van der Waals surface area contributed by atoms with E-state index in [0.717, 1.165) is 51.0 Å². The van der Waals surface area contributed by atoms with Crippen LogP contribution in [0.3, 0.4) is 0 Å². The van der Waals surface area contributed by atoms with Crippen molar-refractivity contribution in [2.24, 2.45) is 5.73 Å². The minimum absolute atomic E-state index is 0. The Balaban J connectivity index is 0.00000208. The monoisotopic (exact) mass is 352 g/mol. The highest BCUT2D eigenvalue weighted by Gasteiger charge is 2.23. The maximum atomic E-state index is 12.2. The minimum atomic E-state index is -0.430. The van der Waals surface area contributed by atoms with Gasteiger partial charge in [-0.2, -0.15) is 0 Å². The first-order valence-corrected chi connectivity index (χ1v) is 8.38. The van der Waals surface area contributed by atoms with Crippen molar-refractivity contribution in [2.45, 2.75) is 38.1 Å². The van der Waals surface area contributed by atoms with Crippen LogP contribution >= 0.6 is 12.4 Å². The van der Waals surface area contributed by atoms with Crippen molar-refractivity contribution >= 4 is 35.6 Å². The lowest BCUT2D eigenvalue weighted by Crippen LogP contribution is -2.35. The fourth-order valence-corrected chi connectivity index (χ4v) is 3.35. The van der Waals surface area contributed by atoms with Gasteiger partial charge < -0.3 is 21.3 Å². The predicted molar refractivity (Wildman–Crippen MR) is 97.9 cm³/mol. The second-order valence-corrected chi connectivity index (χ2v) is 6.28. The van der Waals surface area contributed by atoms with Crippen molar-refractivity contribution in [2.75, 3.05) is 29.9 Å². The summed E-state index contributed by atoms with van der Waals surface area (Å²) in [4.78, 5) is 26.1. The maximum absolute atomic E-state index is 12.2. The van der Waals surface area contributed by atoms with Gasteiger partial charge in [0.2, 0.25) is 5.91 Å². The standard InChI is InChI=1S/C17H24N4O2.ClH/c18-16(22)13-7-6-12(20-17(23)14-5-4-8-19-14)11-15(13)21-9-2-1-3-10-21;/h6-7,11,14,19H,1-5,8-10H2,(H2,18,22)(H,20,23);1H. The zero-order valence-corrected chi connectivity index (χ0v) is 14.5. The van der Waals surface area contributed by atoms with E-state index in [0.29, 0.717) is 11.3 Å². The lowest BCUT2D eigenvalue weighted by Gasteiger charge is -2.30. The number of rotatable bonds is 4. The fourth-order valence-electron chi connectivity index (χ4n) is 3.35. The molecule has 1 atom stereocenters. The van der Waals surface area contributed by atoms with E-state index in [1.54, 1.807) is 12.1 Å². The van der Waals surface area contributed by atoms with E-state index in [-0.39, 0.29) is 24.4 Å². The average molecular weight is 353 g/mol. The first-order chi connectivity index (χ1) is 11.1. The van der Waals surface area contributed by atoms with Gasteiger partial charge in [-0.15, -0.1) is 12.4 Å². The Morgan fingerprint density at radius 1 is 1.17 bits per heavy atom. The van der Waals surface area contributed by atoms with E-state index in [2.05, 4.69) is 15.5 Å². The second kappa shape index (κ2) is 8.35. The molecular weight excluding hydrogens is 328 g/mol. The largest absolute Gasteiger partial charge is 0.371 e. The van der Waals surface area contributed by atoms with E-state index in [1.807, 2.05) is 6.07 Å². The quantitative estimate of drug-likeness (QED) is 0.772. The van der Waals surface area contributed by atoms with Gasteiger partial charge in [-0.05, 0) is 56.8 Å². The number of nitrogens with one attached hydrogen (secondary N) is 2. The molecule has 0 spiro atoms. The zero-order valence-electron chi connectivity index (χ0n) is 13.7. The lowest BCUT2D eigenvalue weighted by atomic mass is 10.1. The number of primary amides is 1. The molecular formula is C17H25ClN4O2. The Kier molecular flexibility index (Phi) is 6.45. The van der Waals surface area contributed by atoms with Crippen LogP contribution in [0.2, 0.25) is 0 Å². The summed E-state index contributed by atoms with van der Waals surface area (Å²) in [6, 6.07) is 5.21. The number of nitrogens with zero attached hydrogens (tertiary/aromatic N) is 1. The minimum Gasteiger partial charge on any atom is -0.371 e. The summed E-state index contributed by atoms with van der Waals surface area (Å²) >= 11 is 0. The first kappa shape index (κ1) is 18.5. The van der Waals surface area contributed by atoms with Crippen molar-refractivity contribution in [3.63, 3.8) is 0 Å². The van der Waals surface area contributed by atoms with Crippen LogP contribution in [0.1, 0.15) is 42.5 Å². The molecule has 1 aromatic rings. The van der Waals surface area contributed by atoms with Crippen LogP contribution in [0.5, 0.6) is 0 Å². The number of piperidine rings is 1. The highest BCUT2D eigenvalue weighted by atomic mass is 35.5. The van der Waals surface area contributed by atoms with Crippen LogP contribution in [0.15, 0.2) is 18.2 Å². The molecule has 2 aliphatic rings. The van der Waals surface area contributed by atoms with Crippen LogP contribution in [-0.2, 0) is 4.79 Å². The van der Waals surface area contributed by atoms with Gasteiger partial charge in [-0.3, -0.25) is 9.59 Å². The number of hydrogen-bond donors (Lipinski definition) is 3. The van der Waals surface area contributed by atoms with Crippen molar-refractivity contribution in [1.82, 2.24) is 5.32 Å². The topological polar surface area (TPSA) is 87.5 Å². The normalized spacial score (nSPS) is 20.3. The van der Waals surface area contributed by atoms with Crippen molar-refractivity contribution in [3.8, 4) is 0 Å². The molecule has 6 nitrogen and oxygen atoms in total. The SMILES string of the molecule is Cl.NC(=O)c1ccc(NC(=O)C2CCCN2)cc1N1CCCCC1. The molecule has 2 saturated heterocycles. The third-order valence-electron chi connectivity index (χ3n) is 4.60. The molecule has 7 heteroatoms. The Bertz CT molecular complexity index is 596. The number of carbonyl (C=O) groups is 2. The third kappa shape index (κ3) is 4.19. The molecule has 132 valence electrons. The molecule has 1 unspecified atom stereocenters. The summed E-state index contributed by atoms with van der Waals surface area (Å²) in [7, 11) is 0. The maximum Gasteiger partial charge on any atom is 0.250 e. The Hall–Kier alpha value is -1.79. The summed E-state index contributed by atoms with van der Waals surface area (Å²) in [6.07, 6.45) is 5.33. The molecule has 2 aliphatic heterocycles. The number of halogens is 1. The Labute approximate surface area is 148 Å². The summed E-state index contributed by atoms with van der Waals surface area (Å²) in [5, 5.41) is 6.14. The second-order valence-electron chi connectivity index (χ2n) is 6.28. The molecule has 1 aromatic carbocycles. The van der Waals surface area contributed by atoms with Gasteiger partial charge in [0.15, 0.2) is 0 Å². The number of hydrogen-bond acceptors (Lipinski definition) is 4. The Morgan fingerprint density at radius 2 is 1.92 bits per heavy atom. The zero-order chi connectivity index (χ0) is 16.2. The predicted octanol–water partition coefficient (Wildman–Crippen LogP) is 1.89. The highest BCUT2D eigenvalue weighted by molar-refractivity contribution is 6.01. The third-order valence-corrected chi connectivity index (χ3v) is 4.60. The summed E-state index contributed by atoms with van der Waals surface area (Å²) < 4.78 is 0. The van der Waals surface area contributed by atoms with E-state index in [9.17, 15) is 9.59 Å². The molecule has 0 radical (unpaired) electrons. The number of carbonyl (C=O) groups excluding carboxylic acids is 2. The molecule has 4 N–H and O–H groups in total. The van der Waals surface area contributed by atoms with Crippen molar-refractivity contribution in [3.05, 3.63) is 23.8 Å². The number of amides is 2. The molecule has 24 heavy (non-hydrogen) atoms. The van der Waals surface area contributed by atoms with Crippen molar-refractivity contribution in [1.29, 1.82) is 0 Å². The lowest BCUT2D eigenvalue weighted by molar-refractivity contribution is -0.117. The van der Waals surface area contributed by atoms with Gasteiger partial charge in [-0.25, -0.2) is 0 Å². The van der Waals surface area contributed by atoms with Gasteiger partial charge in [0, 0.05) is 18.8 Å². The van der Waals surface area contributed by atoms with E-state index >= 15 is 0 Å². The van der Waals surface area contributed by atoms with Gasteiger partial charge in [0.1, 0.15) is 0 Å². The summed E-state index contributed by atoms with van der Waals surface area (Å²) in [5.41, 5.74) is 7.57. The average Bonchev–Trinajstić information content (AvgIpc) is 3.10. The van der Waals surface area contributed by atoms with Gasteiger partial charge >= 0.3 is 0 Å². The van der Waals surface area contributed by atoms with Crippen LogP contribution in [0, 0.1) is 0 Å². The number of anilines is 2. The summed E-state index contributed by atoms with van der Waals surface area (Å²) in [5.74, 6) is -0.445. The van der Waals surface area contributed by atoms with Crippen molar-refractivity contribution < 1.29 is 9.59 Å². The van der Waals surface area contributed by atoms with Crippen LogP contribution < -0.4 is 21.3 Å². The van der Waals surface area contributed by atoms with Crippen LogP contribution in [0.4, 0.5) is 11.4 Å². The highest BCUT2D eigenvalue weighted by Crippen LogP contribution is 2.27. The van der Waals surface area contributed by atoms with E-state index < -0.39 is 5.91 Å². The Morgan fingerprint density at radius 3 is 2.54 bits per heavy atom.